The van der Waals surface area contributed by atoms with Gasteiger partial charge in [-0.25, -0.2) is 4.98 Å². The van der Waals surface area contributed by atoms with Gasteiger partial charge in [0.05, 0.1) is 17.5 Å². The molecule has 0 amide bonds. The van der Waals surface area contributed by atoms with Crippen LogP contribution in [0.25, 0.3) is 10.9 Å². The molecule has 0 bridgehead atoms. The van der Waals surface area contributed by atoms with Gasteiger partial charge < -0.3 is 20.7 Å². The van der Waals surface area contributed by atoms with Crippen LogP contribution in [0.15, 0.2) is 23.0 Å². The number of fused-ring (bicyclic) bond motifs is 1. The van der Waals surface area contributed by atoms with Crippen LogP contribution in [0.3, 0.4) is 0 Å². The molecule has 4 N–H and O–H groups in total. The maximum Gasteiger partial charge on any atom is 0.260 e. The lowest BCUT2D eigenvalue weighted by atomic mass is 10.2. The van der Waals surface area contributed by atoms with E-state index in [1.807, 2.05) is 7.05 Å². The number of nitrogens with two attached hydrogens (primary N) is 1. The molecular formula is C14H21N5O2. The topological polar surface area (TPSA) is 96.3 Å². The van der Waals surface area contributed by atoms with Crippen molar-refractivity contribution < 1.29 is 4.74 Å². The average Bonchev–Trinajstić information content (AvgIpc) is 2.46. The predicted molar refractivity (Wildman–Crippen MR) is 84.6 cm³/mol. The van der Waals surface area contributed by atoms with Crippen molar-refractivity contribution in [3.63, 3.8) is 0 Å². The van der Waals surface area contributed by atoms with Crippen molar-refractivity contribution in [3.05, 3.63) is 28.6 Å². The molecule has 0 saturated carbocycles. The fourth-order valence-electron chi connectivity index (χ4n) is 1.96. The normalized spacial score (nSPS) is 11.2. The van der Waals surface area contributed by atoms with Gasteiger partial charge in [0.1, 0.15) is 0 Å². The Morgan fingerprint density at radius 1 is 1.43 bits per heavy atom. The minimum Gasteiger partial charge on any atom is -0.399 e. The van der Waals surface area contributed by atoms with Crippen molar-refractivity contribution in [2.75, 3.05) is 51.4 Å². The molecule has 114 valence electrons. The Labute approximate surface area is 123 Å². The Balaban J connectivity index is 2.00. The van der Waals surface area contributed by atoms with Gasteiger partial charge in [-0.15, -0.1) is 0 Å². The Hall–Kier alpha value is -2.12. The third-order valence-electron chi connectivity index (χ3n) is 3.19. The summed E-state index contributed by atoms with van der Waals surface area (Å²) < 4.78 is 5.02. The Morgan fingerprint density at radius 2 is 2.24 bits per heavy atom. The number of nitrogens with zero attached hydrogens (tertiary/aromatic N) is 2. The highest BCUT2D eigenvalue weighted by molar-refractivity contribution is 5.81. The number of nitrogen functional groups attached to an aromatic ring is 1. The Kier molecular flexibility index (Phi) is 5.13. The largest absolute Gasteiger partial charge is 0.399 e. The fourth-order valence-corrected chi connectivity index (χ4v) is 1.96. The van der Waals surface area contributed by atoms with Crippen LogP contribution in [0.2, 0.25) is 0 Å². The van der Waals surface area contributed by atoms with E-state index in [0.29, 0.717) is 35.7 Å². The van der Waals surface area contributed by atoms with Gasteiger partial charge in [-0.2, -0.15) is 0 Å². The van der Waals surface area contributed by atoms with Crippen LogP contribution in [0.4, 0.5) is 11.6 Å². The number of benzene rings is 1. The first-order valence-electron chi connectivity index (χ1n) is 6.81. The number of rotatable bonds is 7. The van der Waals surface area contributed by atoms with Gasteiger partial charge >= 0.3 is 0 Å². The number of ether oxygens (including phenoxy) is 1. The molecule has 1 aromatic heterocycles. The lowest BCUT2D eigenvalue weighted by Crippen LogP contribution is -2.29. The number of aromatic amines is 1. The third-order valence-corrected chi connectivity index (χ3v) is 3.19. The van der Waals surface area contributed by atoms with Crippen LogP contribution >= 0.6 is 0 Å². The number of aromatic nitrogens is 2. The van der Waals surface area contributed by atoms with E-state index in [0.717, 1.165) is 13.1 Å². The van der Waals surface area contributed by atoms with Crippen molar-refractivity contribution >= 4 is 22.5 Å². The number of hydrogen-bond donors (Lipinski definition) is 3. The van der Waals surface area contributed by atoms with Crippen LogP contribution < -0.4 is 16.6 Å². The summed E-state index contributed by atoms with van der Waals surface area (Å²) in [5, 5.41) is 3.62. The summed E-state index contributed by atoms with van der Waals surface area (Å²) >= 11 is 0. The number of nitrogens with one attached hydrogen (secondary N) is 2. The molecule has 0 saturated heterocycles. The van der Waals surface area contributed by atoms with Gasteiger partial charge in [0.15, 0.2) is 0 Å². The fraction of sp³-hybridized carbons (Fsp3) is 0.429. The first kappa shape index (κ1) is 15.3. The third kappa shape index (κ3) is 4.17. The highest BCUT2D eigenvalue weighted by Gasteiger charge is 2.04. The monoisotopic (exact) mass is 291 g/mol. The summed E-state index contributed by atoms with van der Waals surface area (Å²) in [5.41, 5.74) is 6.66. The molecule has 7 heteroatoms. The molecule has 7 nitrogen and oxygen atoms in total. The van der Waals surface area contributed by atoms with Crippen molar-refractivity contribution in [1.82, 2.24) is 14.9 Å². The van der Waals surface area contributed by atoms with Crippen molar-refractivity contribution in [3.8, 4) is 0 Å². The zero-order valence-corrected chi connectivity index (χ0v) is 12.3. The van der Waals surface area contributed by atoms with Crippen LogP contribution in [-0.4, -0.2) is 55.3 Å². The summed E-state index contributed by atoms with van der Waals surface area (Å²) in [5.74, 6) is 0.470. The second kappa shape index (κ2) is 7.05. The summed E-state index contributed by atoms with van der Waals surface area (Å²) in [6, 6.07) is 5.11. The summed E-state index contributed by atoms with van der Waals surface area (Å²) in [7, 11) is 3.70. The minimum atomic E-state index is -0.192. The number of methoxy groups -OCH3 is 1. The number of anilines is 2. The molecule has 0 aliphatic heterocycles. The van der Waals surface area contributed by atoms with Gasteiger partial charge in [0.25, 0.3) is 5.56 Å². The average molecular weight is 291 g/mol. The van der Waals surface area contributed by atoms with Gasteiger partial charge in [-0.1, -0.05) is 0 Å². The standard InChI is InChI=1S/C14H21N5O2/c1-19(7-8-21-2)6-5-16-14-17-12-4-3-10(15)9-11(12)13(20)18-14/h3-4,9H,5-8,15H2,1-2H3,(H2,16,17,18,20). The molecule has 2 rings (SSSR count). The van der Waals surface area contributed by atoms with Gasteiger partial charge in [-0.3, -0.25) is 9.78 Å². The van der Waals surface area contributed by atoms with Crippen molar-refractivity contribution in [2.45, 2.75) is 0 Å². The van der Waals surface area contributed by atoms with E-state index in [9.17, 15) is 4.79 Å². The van der Waals surface area contributed by atoms with E-state index in [4.69, 9.17) is 10.5 Å². The maximum atomic E-state index is 12.0. The molecular weight excluding hydrogens is 270 g/mol. The lowest BCUT2D eigenvalue weighted by molar-refractivity contribution is 0.163. The first-order chi connectivity index (χ1) is 10.1. The molecule has 0 radical (unpaired) electrons. The van der Waals surface area contributed by atoms with Gasteiger partial charge in [0, 0.05) is 32.4 Å². The SMILES string of the molecule is COCCN(C)CCNc1nc2ccc(N)cc2c(=O)[nH]1. The van der Waals surface area contributed by atoms with E-state index >= 15 is 0 Å². The highest BCUT2D eigenvalue weighted by atomic mass is 16.5. The predicted octanol–water partition coefficient (Wildman–Crippen LogP) is 0.495. The summed E-state index contributed by atoms with van der Waals surface area (Å²) in [6.07, 6.45) is 0. The molecule has 0 atom stereocenters. The summed E-state index contributed by atoms with van der Waals surface area (Å²) in [4.78, 5) is 21.2. The van der Waals surface area contributed by atoms with Crippen molar-refractivity contribution in [2.24, 2.45) is 0 Å². The van der Waals surface area contributed by atoms with Crippen LogP contribution in [0.1, 0.15) is 0 Å². The van der Waals surface area contributed by atoms with E-state index in [2.05, 4.69) is 20.2 Å². The quantitative estimate of drug-likeness (QED) is 0.643. The maximum absolute atomic E-state index is 12.0. The molecule has 0 spiro atoms. The molecule has 1 heterocycles. The second-order valence-electron chi connectivity index (χ2n) is 4.91. The lowest BCUT2D eigenvalue weighted by Gasteiger charge is -2.16. The molecule has 0 fully saturated rings. The highest BCUT2D eigenvalue weighted by Crippen LogP contribution is 2.12. The van der Waals surface area contributed by atoms with Gasteiger partial charge in [0.2, 0.25) is 5.95 Å². The van der Waals surface area contributed by atoms with Crippen LogP contribution in [-0.2, 0) is 4.74 Å². The minimum absolute atomic E-state index is 0.192. The van der Waals surface area contributed by atoms with E-state index in [1.165, 1.54) is 0 Å². The molecule has 2 aromatic rings. The zero-order chi connectivity index (χ0) is 15.2. The van der Waals surface area contributed by atoms with E-state index < -0.39 is 0 Å². The van der Waals surface area contributed by atoms with Crippen LogP contribution in [0.5, 0.6) is 0 Å². The number of H-pyrrole nitrogens is 1. The van der Waals surface area contributed by atoms with Crippen LogP contribution in [0, 0.1) is 0 Å². The number of hydrogen-bond acceptors (Lipinski definition) is 6. The molecule has 1 aromatic carbocycles. The first-order valence-corrected chi connectivity index (χ1v) is 6.81. The zero-order valence-electron chi connectivity index (χ0n) is 12.3. The second-order valence-corrected chi connectivity index (χ2v) is 4.91. The molecule has 0 unspecified atom stereocenters. The smallest absolute Gasteiger partial charge is 0.260 e. The molecule has 21 heavy (non-hydrogen) atoms. The van der Waals surface area contributed by atoms with E-state index in [1.54, 1.807) is 25.3 Å². The summed E-state index contributed by atoms with van der Waals surface area (Å²) in [6.45, 7) is 3.07. The molecule has 0 aliphatic rings. The molecule has 0 aliphatic carbocycles. The van der Waals surface area contributed by atoms with Crippen molar-refractivity contribution in [1.29, 1.82) is 0 Å². The Bertz CT molecular complexity index is 655. The van der Waals surface area contributed by atoms with Gasteiger partial charge in [-0.05, 0) is 25.2 Å². The van der Waals surface area contributed by atoms with E-state index in [-0.39, 0.29) is 5.56 Å². The Morgan fingerprint density at radius 3 is 3.00 bits per heavy atom. The number of likely N-dealkylation sites (N-methyl/N-ethyl adjacent to an activating group) is 1.